The summed E-state index contributed by atoms with van der Waals surface area (Å²) in [4.78, 5) is 23.3. The third-order valence-electron chi connectivity index (χ3n) is 13.8. The zero-order chi connectivity index (χ0) is 54.9. The van der Waals surface area contributed by atoms with Gasteiger partial charge in [-0.2, -0.15) is 0 Å². The van der Waals surface area contributed by atoms with Crippen molar-refractivity contribution in [3.05, 3.63) is 85.1 Å². The van der Waals surface area contributed by atoms with Crippen molar-refractivity contribution in [3.63, 3.8) is 0 Å². The highest BCUT2D eigenvalue weighted by atomic mass is 31.2. The van der Waals surface area contributed by atoms with Gasteiger partial charge in [-0.15, -0.1) is 0 Å². The molecule has 0 bridgehead atoms. The molecule has 75 heavy (non-hydrogen) atoms. The first-order valence-electron chi connectivity index (χ1n) is 31.5. The van der Waals surface area contributed by atoms with Crippen LogP contribution in [0.5, 0.6) is 0 Å². The SMILES string of the molecule is CC/C=C\C/C=C\C/C=C\C/C=C\C/C=C\CCCCCCCCCCCCCCCCCCCCCC(=O)NC(COP(=O)(O)OCC[N+](C)(C)C)C(O)/C=C/CC/C=C/CCCCCCCCCCCCCC. The van der Waals surface area contributed by atoms with Crippen molar-refractivity contribution in [3.8, 4) is 0 Å². The summed E-state index contributed by atoms with van der Waals surface area (Å²) in [6, 6.07) is -0.866. The van der Waals surface area contributed by atoms with Gasteiger partial charge in [0.15, 0.2) is 0 Å². The Morgan fingerprint density at radius 1 is 0.467 bits per heavy atom. The van der Waals surface area contributed by atoms with E-state index in [1.165, 1.54) is 186 Å². The van der Waals surface area contributed by atoms with E-state index in [2.05, 4.69) is 92.1 Å². The van der Waals surface area contributed by atoms with Crippen LogP contribution in [-0.4, -0.2) is 73.4 Å². The number of aliphatic hydroxyl groups excluding tert-OH is 1. The maximum Gasteiger partial charge on any atom is 0.472 e. The number of unbranched alkanes of at least 4 members (excludes halogenated alkanes) is 32. The highest BCUT2D eigenvalue weighted by Gasteiger charge is 2.27. The zero-order valence-corrected chi connectivity index (χ0v) is 50.7. The Kier molecular flexibility index (Phi) is 54.7. The maximum absolute atomic E-state index is 13.0. The van der Waals surface area contributed by atoms with E-state index in [9.17, 15) is 19.4 Å². The molecule has 3 unspecified atom stereocenters. The van der Waals surface area contributed by atoms with Crippen LogP contribution in [0.15, 0.2) is 85.1 Å². The van der Waals surface area contributed by atoms with Crippen LogP contribution in [0.4, 0.5) is 0 Å². The molecule has 0 aliphatic rings. The van der Waals surface area contributed by atoms with Crippen LogP contribution in [0.25, 0.3) is 0 Å². The number of allylic oxidation sites excluding steroid dienone is 13. The van der Waals surface area contributed by atoms with Gasteiger partial charge in [-0.05, 0) is 77.0 Å². The van der Waals surface area contributed by atoms with Crippen molar-refractivity contribution >= 4 is 13.7 Å². The summed E-state index contributed by atoms with van der Waals surface area (Å²) >= 11 is 0. The number of carbonyl (C=O) groups is 1. The quantitative estimate of drug-likeness (QED) is 0.0243. The van der Waals surface area contributed by atoms with E-state index in [-0.39, 0.29) is 19.1 Å². The van der Waals surface area contributed by atoms with Gasteiger partial charge in [-0.25, -0.2) is 4.57 Å². The van der Waals surface area contributed by atoms with Crippen molar-refractivity contribution in [1.82, 2.24) is 5.32 Å². The summed E-state index contributed by atoms with van der Waals surface area (Å²) in [5.41, 5.74) is 0. The molecule has 0 saturated carbocycles. The number of aliphatic hydroxyl groups is 1. The number of phosphoric acid groups is 1. The van der Waals surface area contributed by atoms with E-state index in [1.54, 1.807) is 6.08 Å². The maximum atomic E-state index is 13.0. The van der Waals surface area contributed by atoms with Gasteiger partial charge in [0.05, 0.1) is 39.9 Å². The van der Waals surface area contributed by atoms with E-state index in [1.807, 2.05) is 27.2 Å². The first-order valence-corrected chi connectivity index (χ1v) is 33.0. The molecule has 0 fully saturated rings. The monoisotopic (exact) mass is 1070 g/mol. The Bertz CT molecular complexity index is 1500. The lowest BCUT2D eigenvalue weighted by Crippen LogP contribution is -2.45. The highest BCUT2D eigenvalue weighted by Crippen LogP contribution is 2.43. The Morgan fingerprint density at radius 2 is 0.813 bits per heavy atom. The summed E-state index contributed by atoms with van der Waals surface area (Å²) in [7, 11) is 1.56. The van der Waals surface area contributed by atoms with Gasteiger partial charge in [-0.3, -0.25) is 13.8 Å². The molecule has 0 rings (SSSR count). The van der Waals surface area contributed by atoms with Crippen molar-refractivity contribution in [2.24, 2.45) is 0 Å². The predicted octanol–water partition coefficient (Wildman–Crippen LogP) is 19.6. The molecule has 0 aliphatic carbocycles. The van der Waals surface area contributed by atoms with Gasteiger partial charge < -0.3 is 19.8 Å². The van der Waals surface area contributed by atoms with Crippen molar-refractivity contribution in [2.45, 2.75) is 289 Å². The smallest absolute Gasteiger partial charge is 0.387 e. The molecule has 0 saturated heterocycles. The lowest BCUT2D eigenvalue weighted by atomic mass is 10.0. The van der Waals surface area contributed by atoms with Crippen LogP contribution < -0.4 is 5.32 Å². The second-order valence-electron chi connectivity index (χ2n) is 22.4. The Hall–Kier alpha value is -2.32. The molecule has 0 aromatic rings. The summed E-state index contributed by atoms with van der Waals surface area (Å²) in [5.74, 6) is -0.185. The van der Waals surface area contributed by atoms with Crippen LogP contribution in [0.2, 0.25) is 0 Å². The summed E-state index contributed by atoms with van der Waals surface area (Å²) in [6.45, 7) is 4.70. The lowest BCUT2D eigenvalue weighted by molar-refractivity contribution is -0.870. The summed E-state index contributed by atoms with van der Waals surface area (Å²) in [6.07, 6.45) is 79.9. The van der Waals surface area contributed by atoms with Crippen molar-refractivity contribution in [1.29, 1.82) is 0 Å². The largest absolute Gasteiger partial charge is 0.472 e. The number of phosphoric ester groups is 1. The lowest BCUT2D eigenvalue weighted by Gasteiger charge is -2.25. The van der Waals surface area contributed by atoms with Crippen LogP contribution in [0.1, 0.15) is 277 Å². The number of hydrogen-bond donors (Lipinski definition) is 3. The van der Waals surface area contributed by atoms with E-state index < -0.39 is 20.0 Å². The number of hydrogen-bond acceptors (Lipinski definition) is 5. The predicted molar refractivity (Wildman–Crippen MR) is 327 cm³/mol. The molecule has 8 nitrogen and oxygen atoms in total. The number of quaternary nitrogens is 1. The number of nitrogens with zero attached hydrogens (tertiary/aromatic N) is 1. The average molecular weight is 1070 g/mol. The minimum Gasteiger partial charge on any atom is -0.387 e. The van der Waals surface area contributed by atoms with E-state index >= 15 is 0 Å². The number of likely N-dealkylation sites (N-methyl/N-ethyl adjacent to an activating group) is 1. The molecule has 0 aromatic heterocycles. The summed E-state index contributed by atoms with van der Waals surface area (Å²) < 4.78 is 23.7. The van der Waals surface area contributed by atoms with Crippen molar-refractivity contribution in [2.75, 3.05) is 40.9 Å². The fourth-order valence-electron chi connectivity index (χ4n) is 8.97. The average Bonchev–Trinajstić information content (AvgIpc) is 3.37. The molecule has 9 heteroatoms. The molecule has 1 amide bonds. The highest BCUT2D eigenvalue weighted by molar-refractivity contribution is 7.47. The molecule has 436 valence electrons. The topological polar surface area (TPSA) is 105 Å². The minimum atomic E-state index is -4.36. The van der Waals surface area contributed by atoms with E-state index in [4.69, 9.17) is 9.05 Å². The Morgan fingerprint density at radius 3 is 1.23 bits per heavy atom. The third kappa shape index (κ3) is 59.2. The minimum absolute atomic E-state index is 0.0550. The van der Waals surface area contributed by atoms with Gasteiger partial charge in [0.1, 0.15) is 13.2 Å². The molecular formula is C66H122N2O6P+. The molecule has 0 spiro atoms. The normalized spacial score (nSPS) is 14.4. The van der Waals surface area contributed by atoms with Crippen molar-refractivity contribution < 1.29 is 32.9 Å². The number of rotatable bonds is 57. The van der Waals surface area contributed by atoms with Gasteiger partial charge in [0.25, 0.3) is 0 Å². The molecule has 0 heterocycles. The first-order chi connectivity index (χ1) is 36.5. The number of carbonyl (C=O) groups excluding carboxylic acids is 1. The fourth-order valence-corrected chi connectivity index (χ4v) is 9.70. The second kappa shape index (κ2) is 56.4. The Balaban J connectivity index is 4.07. The van der Waals surface area contributed by atoms with Crippen LogP contribution in [0, 0.1) is 0 Å². The fraction of sp³-hybridized carbons (Fsp3) is 0.773. The second-order valence-corrected chi connectivity index (χ2v) is 23.8. The van der Waals surface area contributed by atoms with Crippen LogP contribution in [0.3, 0.4) is 0 Å². The van der Waals surface area contributed by atoms with Gasteiger partial charge in [-0.1, -0.05) is 279 Å². The molecule has 3 N–H and O–H groups in total. The van der Waals surface area contributed by atoms with Gasteiger partial charge in [0.2, 0.25) is 5.91 Å². The number of amides is 1. The van der Waals surface area contributed by atoms with Crippen LogP contribution >= 0.6 is 7.82 Å². The standard InChI is InChI=1S/C66H121N2O6P/c1-6-8-10-12-14-16-18-20-22-24-26-27-28-29-30-31-32-33-34-35-36-37-38-39-40-41-42-44-46-48-50-52-54-56-58-60-66(70)67-64(63-74-75(71,72)73-62-61-68(3,4)5)65(69)59-57-55-53-51-49-47-45-43-25-23-21-19-17-15-13-11-9-7-2/h8,10,14,16,20,22,26-27,29-30,49,51,57,59,64-65,69H,6-7,9,11-13,15,17-19,21,23-25,28,31-48,50,52-56,58,60-63H2,1-5H3,(H-,67,70,71,72)/p+1/b10-8-,16-14-,22-20-,27-26-,30-29-,51-49+,59-57+. The molecule has 0 radical (unpaired) electrons. The molecule has 0 aromatic carbocycles. The van der Waals surface area contributed by atoms with Gasteiger partial charge >= 0.3 is 7.82 Å². The molecule has 0 aliphatic heterocycles. The number of nitrogens with one attached hydrogen (secondary N) is 1. The van der Waals surface area contributed by atoms with E-state index in [0.29, 0.717) is 17.4 Å². The summed E-state index contributed by atoms with van der Waals surface area (Å²) in [5, 5.41) is 13.9. The molecular weight excluding hydrogens is 948 g/mol. The first kappa shape index (κ1) is 72.7. The van der Waals surface area contributed by atoms with Crippen LogP contribution in [-0.2, 0) is 18.4 Å². The zero-order valence-electron chi connectivity index (χ0n) is 49.8. The third-order valence-corrected chi connectivity index (χ3v) is 14.8. The van der Waals surface area contributed by atoms with Gasteiger partial charge in [0, 0.05) is 6.42 Å². The Labute approximate surface area is 465 Å². The molecule has 3 atom stereocenters. The van der Waals surface area contributed by atoms with E-state index in [0.717, 1.165) is 70.6 Å².